The molecular formula is C19H26N4O3. The first kappa shape index (κ1) is 19.5. The van der Waals surface area contributed by atoms with Gasteiger partial charge in [0.2, 0.25) is 0 Å². The number of nitrogens with zero attached hydrogens (tertiary/aromatic N) is 2. The minimum Gasteiger partial charge on any atom is -0.466 e. The van der Waals surface area contributed by atoms with Gasteiger partial charge in [-0.1, -0.05) is 18.2 Å². The van der Waals surface area contributed by atoms with Crippen molar-refractivity contribution >= 4 is 12.0 Å². The Bertz CT molecular complexity index is 770. The molecule has 7 nitrogen and oxygen atoms in total. The smallest absolute Gasteiger partial charge is 0.315 e. The molecule has 0 radical (unpaired) electrons. The first-order chi connectivity index (χ1) is 12.4. The van der Waals surface area contributed by atoms with Crippen LogP contribution in [0.3, 0.4) is 0 Å². The zero-order valence-electron chi connectivity index (χ0n) is 15.7. The largest absolute Gasteiger partial charge is 0.466 e. The third-order valence-corrected chi connectivity index (χ3v) is 4.13. The maximum Gasteiger partial charge on any atom is 0.315 e. The molecule has 0 aliphatic rings. The third-order valence-electron chi connectivity index (χ3n) is 4.13. The quantitative estimate of drug-likeness (QED) is 0.745. The average Bonchev–Trinajstić information content (AvgIpc) is 2.97. The lowest BCUT2D eigenvalue weighted by atomic mass is 10.1. The summed E-state index contributed by atoms with van der Waals surface area (Å²) in [5, 5.41) is 9.99. The van der Waals surface area contributed by atoms with Crippen LogP contribution in [0.15, 0.2) is 30.5 Å². The van der Waals surface area contributed by atoms with Gasteiger partial charge in [0, 0.05) is 17.8 Å². The number of hydrogen-bond acceptors (Lipinski definition) is 4. The van der Waals surface area contributed by atoms with Crippen LogP contribution >= 0.6 is 0 Å². The highest BCUT2D eigenvalue weighted by Crippen LogP contribution is 2.21. The molecule has 140 valence electrons. The SMILES string of the molecule is CCOC(=O)CCNC(=O)N[C@@H](C)c1cnn(-c2ccccc2C)c1C. The van der Waals surface area contributed by atoms with Crippen molar-refractivity contribution in [1.29, 1.82) is 0 Å². The summed E-state index contributed by atoms with van der Waals surface area (Å²) < 4.78 is 6.70. The lowest BCUT2D eigenvalue weighted by Crippen LogP contribution is -2.38. The first-order valence-corrected chi connectivity index (χ1v) is 8.74. The molecule has 1 atom stereocenters. The summed E-state index contributed by atoms with van der Waals surface area (Å²) in [6.45, 7) is 8.24. The van der Waals surface area contributed by atoms with Crippen molar-refractivity contribution in [3.63, 3.8) is 0 Å². The minimum atomic E-state index is -0.329. The van der Waals surface area contributed by atoms with Crippen molar-refractivity contribution in [2.75, 3.05) is 13.2 Å². The van der Waals surface area contributed by atoms with E-state index in [4.69, 9.17) is 4.74 Å². The minimum absolute atomic E-state index is 0.153. The van der Waals surface area contributed by atoms with E-state index in [1.165, 1.54) is 0 Å². The second-order valence-corrected chi connectivity index (χ2v) is 6.06. The normalized spacial score (nSPS) is 11.7. The predicted octanol–water partition coefficient (Wildman–Crippen LogP) is 2.80. The number of amides is 2. The zero-order chi connectivity index (χ0) is 19.1. The number of aromatic nitrogens is 2. The molecule has 0 saturated heterocycles. The van der Waals surface area contributed by atoms with Crippen molar-refractivity contribution in [1.82, 2.24) is 20.4 Å². The number of benzene rings is 1. The van der Waals surface area contributed by atoms with Gasteiger partial charge in [0.25, 0.3) is 0 Å². The molecule has 0 unspecified atom stereocenters. The lowest BCUT2D eigenvalue weighted by molar-refractivity contribution is -0.142. The monoisotopic (exact) mass is 358 g/mol. The van der Waals surface area contributed by atoms with E-state index >= 15 is 0 Å². The van der Waals surface area contributed by atoms with Gasteiger partial charge >= 0.3 is 12.0 Å². The Morgan fingerprint density at radius 2 is 2.00 bits per heavy atom. The fourth-order valence-electron chi connectivity index (χ4n) is 2.73. The fourth-order valence-corrected chi connectivity index (χ4v) is 2.73. The maximum atomic E-state index is 12.0. The van der Waals surface area contributed by atoms with Gasteiger partial charge in [0.15, 0.2) is 0 Å². The molecule has 2 amide bonds. The van der Waals surface area contributed by atoms with Crippen LogP contribution in [0.4, 0.5) is 4.79 Å². The molecule has 2 N–H and O–H groups in total. The van der Waals surface area contributed by atoms with E-state index in [-0.39, 0.29) is 31.0 Å². The van der Waals surface area contributed by atoms with Crippen molar-refractivity contribution in [3.8, 4) is 5.69 Å². The van der Waals surface area contributed by atoms with Crippen LogP contribution in [-0.2, 0) is 9.53 Å². The van der Waals surface area contributed by atoms with E-state index in [9.17, 15) is 9.59 Å². The molecule has 0 bridgehead atoms. The molecule has 0 aliphatic carbocycles. The van der Waals surface area contributed by atoms with E-state index in [1.54, 1.807) is 13.1 Å². The topological polar surface area (TPSA) is 85.2 Å². The molecule has 1 aromatic carbocycles. The molecule has 1 heterocycles. The summed E-state index contributed by atoms with van der Waals surface area (Å²) in [4.78, 5) is 23.3. The van der Waals surface area contributed by atoms with E-state index in [1.807, 2.05) is 49.7 Å². The Kier molecular flexibility index (Phi) is 6.77. The summed E-state index contributed by atoms with van der Waals surface area (Å²) in [5.41, 5.74) is 4.05. The Labute approximate surface area is 153 Å². The van der Waals surface area contributed by atoms with Crippen molar-refractivity contribution in [2.24, 2.45) is 0 Å². The molecule has 2 aromatic rings. The van der Waals surface area contributed by atoms with Crippen LogP contribution in [0, 0.1) is 13.8 Å². The number of aryl methyl sites for hydroxylation is 1. The number of carbonyl (C=O) groups is 2. The molecule has 7 heteroatoms. The van der Waals surface area contributed by atoms with Crippen molar-refractivity contribution in [2.45, 2.75) is 40.2 Å². The highest BCUT2D eigenvalue weighted by atomic mass is 16.5. The van der Waals surface area contributed by atoms with Gasteiger partial charge in [-0.15, -0.1) is 0 Å². The number of ether oxygens (including phenoxy) is 1. The molecule has 26 heavy (non-hydrogen) atoms. The van der Waals surface area contributed by atoms with Crippen molar-refractivity contribution < 1.29 is 14.3 Å². The van der Waals surface area contributed by atoms with E-state index in [0.717, 1.165) is 22.5 Å². The van der Waals surface area contributed by atoms with Gasteiger partial charge in [-0.05, 0) is 39.3 Å². The molecular weight excluding hydrogens is 332 g/mol. The highest BCUT2D eigenvalue weighted by molar-refractivity contribution is 5.75. The van der Waals surface area contributed by atoms with Gasteiger partial charge in [0.05, 0.1) is 31.0 Å². The maximum absolute atomic E-state index is 12.0. The van der Waals surface area contributed by atoms with Crippen LogP contribution in [0.2, 0.25) is 0 Å². The highest BCUT2D eigenvalue weighted by Gasteiger charge is 2.17. The number of nitrogens with one attached hydrogen (secondary N) is 2. The average molecular weight is 358 g/mol. The summed E-state index contributed by atoms with van der Waals surface area (Å²) in [7, 11) is 0. The van der Waals surface area contributed by atoms with Crippen molar-refractivity contribution in [3.05, 3.63) is 47.3 Å². The standard InChI is InChI=1S/C19H26N4O3/c1-5-26-18(24)10-11-20-19(25)22-14(3)16-12-21-23(15(16)4)17-9-7-6-8-13(17)2/h6-9,12,14H,5,10-11H2,1-4H3,(H2,20,22,25)/t14-/m0/s1. The summed E-state index contributed by atoms with van der Waals surface area (Å²) in [6, 6.07) is 7.47. The van der Waals surface area contributed by atoms with Gasteiger partial charge in [-0.2, -0.15) is 5.10 Å². The van der Waals surface area contributed by atoms with E-state index in [0.29, 0.717) is 6.61 Å². The lowest BCUT2D eigenvalue weighted by Gasteiger charge is -2.15. The number of urea groups is 1. The molecule has 0 spiro atoms. The summed E-state index contributed by atoms with van der Waals surface area (Å²) in [5.74, 6) is -0.323. The third kappa shape index (κ3) is 4.84. The van der Waals surface area contributed by atoms with Gasteiger partial charge < -0.3 is 15.4 Å². The Hall–Kier alpha value is -2.83. The van der Waals surface area contributed by atoms with Gasteiger partial charge in [0.1, 0.15) is 0 Å². The van der Waals surface area contributed by atoms with Crippen LogP contribution in [0.25, 0.3) is 5.69 Å². The number of esters is 1. The molecule has 1 aromatic heterocycles. The van der Waals surface area contributed by atoms with Gasteiger partial charge in [-0.25, -0.2) is 9.48 Å². The van der Waals surface area contributed by atoms with Crippen LogP contribution in [0.5, 0.6) is 0 Å². The number of carbonyl (C=O) groups excluding carboxylic acids is 2. The summed E-state index contributed by atoms with van der Waals surface area (Å²) >= 11 is 0. The summed E-state index contributed by atoms with van der Waals surface area (Å²) in [6.07, 6.45) is 1.92. The van der Waals surface area contributed by atoms with E-state index in [2.05, 4.69) is 15.7 Å². The number of para-hydroxylation sites is 1. The van der Waals surface area contributed by atoms with Crippen LogP contribution in [-0.4, -0.2) is 34.9 Å². The fraction of sp³-hybridized carbons (Fsp3) is 0.421. The second kappa shape index (κ2) is 9.03. The number of rotatable bonds is 7. The van der Waals surface area contributed by atoms with Crippen LogP contribution < -0.4 is 10.6 Å². The van der Waals surface area contributed by atoms with Gasteiger partial charge in [-0.3, -0.25) is 4.79 Å². The Morgan fingerprint density at radius 1 is 1.27 bits per heavy atom. The van der Waals surface area contributed by atoms with Crippen LogP contribution in [0.1, 0.15) is 43.1 Å². The second-order valence-electron chi connectivity index (χ2n) is 6.06. The molecule has 0 aliphatic heterocycles. The zero-order valence-corrected chi connectivity index (χ0v) is 15.7. The Balaban J connectivity index is 1.96. The first-order valence-electron chi connectivity index (χ1n) is 8.74. The number of hydrogen-bond donors (Lipinski definition) is 2. The predicted molar refractivity (Wildman–Crippen MR) is 99.2 cm³/mol. The molecule has 2 rings (SSSR count). The Morgan fingerprint density at radius 3 is 2.69 bits per heavy atom. The van der Waals surface area contributed by atoms with E-state index < -0.39 is 0 Å². The molecule has 0 saturated carbocycles. The molecule has 0 fully saturated rings.